The minimum Gasteiger partial charge on any atom is -0.462 e. The molecule has 4 atom stereocenters. The zero-order valence-electron chi connectivity index (χ0n) is 12.7. The summed E-state index contributed by atoms with van der Waals surface area (Å²) in [5.74, 6) is 0.899. The van der Waals surface area contributed by atoms with Crippen LogP contribution in [0.15, 0.2) is 0 Å². The topological polar surface area (TPSA) is 29.5 Å². The van der Waals surface area contributed by atoms with Gasteiger partial charge in [0.1, 0.15) is 6.10 Å². The molecule has 1 heterocycles. The number of carbonyl (C=O) groups is 1. The van der Waals surface area contributed by atoms with Crippen LogP contribution in [0.2, 0.25) is 0 Å². The Morgan fingerprint density at radius 3 is 2.47 bits per heavy atom. The van der Waals surface area contributed by atoms with Crippen LogP contribution in [-0.2, 0) is 9.53 Å². The molecule has 2 bridgehead atoms. The number of carbonyl (C=O) groups excluding carboxylic acids is 1. The number of nitrogens with zero attached hydrogens (tertiary/aromatic N) is 1. The van der Waals surface area contributed by atoms with Crippen LogP contribution < -0.4 is 0 Å². The first-order chi connectivity index (χ1) is 8.84. The first-order valence-electron chi connectivity index (χ1n) is 7.73. The van der Waals surface area contributed by atoms with Gasteiger partial charge in [-0.25, -0.2) is 0 Å². The third-order valence-electron chi connectivity index (χ3n) is 6.70. The van der Waals surface area contributed by atoms with Crippen molar-refractivity contribution in [2.45, 2.75) is 52.6 Å². The maximum absolute atomic E-state index is 12.3. The van der Waals surface area contributed by atoms with Gasteiger partial charge < -0.3 is 9.64 Å². The van der Waals surface area contributed by atoms with Gasteiger partial charge in [0.05, 0.1) is 5.92 Å². The summed E-state index contributed by atoms with van der Waals surface area (Å²) < 4.78 is 5.95. The SMILES string of the molecule is CN1CCC(C(=O)OC2CC3CCC2(C)C3(C)C)C1. The number of hydrogen-bond acceptors (Lipinski definition) is 3. The smallest absolute Gasteiger partial charge is 0.310 e. The lowest BCUT2D eigenvalue weighted by atomic mass is 9.70. The Kier molecular flexibility index (Phi) is 2.97. The zero-order valence-corrected chi connectivity index (χ0v) is 12.7. The summed E-state index contributed by atoms with van der Waals surface area (Å²) in [5.41, 5.74) is 0.516. The van der Waals surface area contributed by atoms with Gasteiger partial charge in [0, 0.05) is 12.0 Å². The molecule has 3 aliphatic rings. The highest BCUT2D eigenvalue weighted by Gasteiger charge is 2.63. The number of likely N-dealkylation sites (tertiary alicyclic amines) is 1. The first-order valence-corrected chi connectivity index (χ1v) is 7.73. The van der Waals surface area contributed by atoms with E-state index in [0.29, 0.717) is 5.41 Å². The van der Waals surface area contributed by atoms with Crippen molar-refractivity contribution in [3.63, 3.8) is 0 Å². The Balaban J connectivity index is 1.67. The van der Waals surface area contributed by atoms with E-state index in [4.69, 9.17) is 4.74 Å². The van der Waals surface area contributed by atoms with Gasteiger partial charge in [-0.2, -0.15) is 0 Å². The third kappa shape index (κ3) is 1.84. The molecule has 3 heteroatoms. The van der Waals surface area contributed by atoms with Crippen LogP contribution in [0.25, 0.3) is 0 Å². The van der Waals surface area contributed by atoms with Crippen molar-refractivity contribution in [1.82, 2.24) is 4.90 Å². The molecule has 0 aromatic carbocycles. The fourth-order valence-corrected chi connectivity index (χ4v) is 4.67. The van der Waals surface area contributed by atoms with E-state index in [1.807, 2.05) is 0 Å². The highest BCUT2D eigenvalue weighted by molar-refractivity contribution is 5.73. The first kappa shape index (κ1) is 13.4. The Hall–Kier alpha value is -0.570. The summed E-state index contributed by atoms with van der Waals surface area (Å²) in [7, 11) is 2.08. The quantitative estimate of drug-likeness (QED) is 0.719. The Bertz CT molecular complexity index is 392. The predicted molar refractivity (Wildman–Crippen MR) is 74.7 cm³/mol. The van der Waals surface area contributed by atoms with E-state index in [9.17, 15) is 4.79 Å². The molecular weight excluding hydrogens is 238 g/mol. The molecule has 2 saturated carbocycles. The molecule has 108 valence electrons. The average molecular weight is 265 g/mol. The lowest BCUT2D eigenvalue weighted by Gasteiger charge is -2.38. The molecule has 0 aromatic rings. The molecule has 4 unspecified atom stereocenters. The Labute approximate surface area is 116 Å². The van der Waals surface area contributed by atoms with E-state index >= 15 is 0 Å². The standard InChI is InChI=1S/C16H27NO2/c1-15(2)12-5-7-16(15,3)13(9-12)19-14(18)11-6-8-17(4)10-11/h11-13H,5-10H2,1-4H3. The van der Waals surface area contributed by atoms with Crippen molar-refractivity contribution in [2.75, 3.05) is 20.1 Å². The minimum atomic E-state index is 0.0546. The average Bonchev–Trinajstić information content (AvgIpc) is 2.91. The van der Waals surface area contributed by atoms with Gasteiger partial charge in [0.25, 0.3) is 0 Å². The summed E-state index contributed by atoms with van der Waals surface area (Å²) in [4.78, 5) is 14.5. The monoisotopic (exact) mass is 265 g/mol. The summed E-state index contributed by atoms with van der Waals surface area (Å²) in [5, 5.41) is 0. The van der Waals surface area contributed by atoms with Crippen LogP contribution in [0.1, 0.15) is 46.5 Å². The van der Waals surface area contributed by atoms with Crippen LogP contribution in [-0.4, -0.2) is 37.1 Å². The third-order valence-corrected chi connectivity index (χ3v) is 6.70. The van der Waals surface area contributed by atoms with Crippen molar-refractivity contribution >= 4 is 5.97 Å². The van der Waals surface area contributed by atoms with Gasteiger partial charge >= 0.3 is 5.97 Å². The Morgan fingerprint density at radius 2 is 2.00 bits per heavy atom. The fourth-order valence-electron chi connectivity index (χ4n) is 4.67. The minimum absolute atomic E-state index is 0.0546. The molecule has 19 heavy (non-hydrogen) atoms. The molecule has 0 amide bonds. The van der Waals surface area contributed by atoms with Crippen LogP contribution in [0, 0.1) is 22.7 Å². The molecule has 3 fully saturated rings. The molecule has 0 spiro atoms. The van der Waals surface area contributed by atoms with E-state index in [-0.39, 0.29) is 23.4 Å². The number of rotatable bonds is 2. The van der Waals surface area contributed by atoms with E-state index < -0.39 is 0 Å². The van der Waals surface area contributed by atoms with E-state index in [1.165, 1.54) is 12.8 Å². The summed E-state index contributed by atoms with van der Waals surface area (Å²) in [6.07, 6.45) is 4.72. The second-order valence-corrected chi connectivity index (χ2v) is 7.78. The van der Waals surface area contributed by atoms with Crippen LogP contribution in [0.3, 0.4) is 0 Å². The van der Waals surface area contributed by atoms with Crippen LogP contribution in [0.4, 0.5) is 0 Å². The molecule has 0 N–H and O–H groups in total. The number of esters is 1. The van der Waals surface area contributed by atoms with Gasteiger partial charge in [-0.05, 0) is 50.6 Å². The number of hydrogen-bond donors (Lipinski definition) is 0. The molecule has 2 aliphatic carbocycles. The summed E-state index contributed by atoms with van der Waals surface area (Å²) in [6.45, 7) is 8.95. The zero-order chi connectivity index (χ0) is 13.8. The normalized spacial score (nSPS) is 44.7. The van der Waals surface area contributed by atoms with Crippen molar-refractivity contribution in [2.24, 2.45) is 22.7 Å². The maximum atomic E-state index is 12.3. The van der Waals surface area contributed by atoms with Crippen molar-refractivity contribution in [1.29, 1.82) is 0 Å². The fraction of sp³-hybridized carbons (Fsp3) is 0.938. The lowest BCUT2D eigenvalue weighted by molar-refractivity contribution is -0.161. The molecule has 0 radical (unpaired) electrons. The predicted octanol–water partition coefficient (Wildman–Crippen LogP) is 2.70. The maximum Gasteiger partial charge on any atom is 0.310 e. The van der Waals surface area contributed by atoms with Crippen LogP contribution >= 0.6 is 0 Å². The highest BCUT2D eigenvalue weighted by Crippen LogP contribution is 2.66. The van der Waals surface area contributed by atoms with Gasteiger partial charge in [-0.3, -0.25) is 4.79 Å². The van der Waals surface area contributed by atoms with Crippen molar-refractivity contribution in [3.05, 3.63) is 0 Å². The van der Waals surface area contributed by atoms with Crippen molar-refractivity contribution in [3.8, 4) is 0 Å². The van der Waals surface area contributed by atoms with Gasteiger partial charge in [0.15, 0.2) is 0 Å². The second-order valence-electron chi connectivity index (χ2n) is 7.78. The van der Waals surface area contributed by atoms with Gasteiger partial charge in [-0.1, -0.05) is 20.8 Å². The second kappa shape index (κ2) is 4.21. The molecular formula is C16H27NO2. The molecule has 1 aliphatic heterocycles. The largest absolute Gasteiger partial charge is 0.462 e. The Morgan fingerprint density at radius 1 is 1.26 bits per heavy atom. The van der Waals surface area contributed by atoms with Crippen LogP contribution in [0.5, 0.6) is 0 Å². The molecule has 0 aromatic heterocycles. The number of ether oxygens (including phenoxy) is 1. The highest BCUT2D eigenvalue weighted by atomic mass is 16.5. The molecule has 3 nitrogen and oxygen atoms in total. The molecule has 3 rings (SSSR count). The van der Waals surface area contributed by atoms with Gasteiger partial charge in [-0.15, -0.1) is 0 Å². The molecule has 1 saturated heterocycles. The lowest BCUT2D eigenvalue weighted by Crippen LogP contribution is -2.39. The van der Waals surface area contributed by atoms with Gasteiger partial charge in [0.2, 0.25) is 0 Å². The van der Waals surface area contributed by atoms with E-state index in [0.717, 1.165) is 31.8 Å². The summed E-state index contributed by atoms with van der Waals surface area (Å²) >= 11 is 0. The number of fused-ring (bicyclic) bond motifs is 2. The van der Waals surface area contributed by atoms with E-state index in [2.05, 4.69) is 32.7 Å². The van der Waals surface area contributed by atoms with E-state index in [1.54, 1.807) is 0 Å². The van der Waals surface area contributed by atoms with Crippen molar-refractivity contribution < 1.29 is 9.53 Å². The summed E-state index contributed by atoms with van der Waals surface area (Å²) in [6, 6.07) is 0.